The molecule has 1 aliphatic heterocycles. The van der Waals surface area contributed by atoms with Gasteiger partial charge in [-0.15, -0.1) is 0 Å². The Morgan fingerprint density at radius 2 is 1.92 bits per heavy atom. The largest absolute Gasteiger partial charge is 0.508 e. The van der Waals surface area contributed by atoms with Crippen molar-refractivity contribution in [2.45, 2.75) is 38.7 Å². The van der Waals surface area contributed by atoms with Crippen LogP contribution < -0.4 is 4.74 Å². The number of ether oxygens (including phenoxy) is 3. The number of benzene rings is 1. The average molecular weight is 365 g/mol. The van der Waals surface area contributed by atoms with Gasteiger partial charge in [-0.05, 0) is 38.8 Å². The summed E-state index contributed by atoms with van der Waals surface area (Å²) in [5.74, 6) is -0.235. The Hall–Kier alpha value is -2.44. The van der Waals surface area contributed by atoms with Crippen molar-refractivity contribution in [1.82, 2.24) is 4.90 Å². The van der Waals surface area contributed by atoms with Crippen LogP contribution in [0.25, 0.3) is 0 Å². The van der Waals surface area contributed by atoms with Crippen molar-refractivity contribution in [2.24, 2.45) is 5.92 Å². The third-order valence-corrected chi connectivity index (χ3v) is 4.38. The maximum Gasteiger partial charge on any atom is 0.410 e. The van der Waals surface area contributed by atoms with Gasteiger partial charge in [-0.3, -0.25) is 4.79 Å². The molecule has 1 fully saturated rings. The Morgan fingerprint density at radius 3 is 2.50 bits per heavy atom. The molecule has 0 saturated carbocycles. The van der Waals surface area contributed by atoms with Crippen molar-refractivity contribution >= 4 is 12.1 Å². The first-order valence-electron chi connectivity index (χ1n) is 8.57. The first kappa shape index (κ1) is 19.9. The van der Waals surface area contributed by atoms with Crippen LogP contribution in [0, 0.1) is 5.92 Å². The summed E-state index contributed by atoms with van der Waals surface area (Å²) in [4.78, 5) is 25.9. The second-order valence-corrected chi connectivity index (χ2v) is 7.43. The Labute approximate surface area is 153 Å². The van der Waals surface area contributed by atoms with Crippen LogP contribution in [0.1, 0.15) is 38.7 Å². The van der Waals surface area contributed by atoms with E-state index in [9.17, 15) is 14.7 Å². The molecule has 1 heterocycles. The molecule has 7 nitrogen and oxygen atoms in total. The minimum absolute atomic E-state index is 0.0789. The molecule has 1 N–H and O–H groups in total. The van der Waals surface area contributed by atoms with Gasteiger partial charge in [-0.25, -0.2) is 4.79 Å². The van der Waals surface area contributed by atoms with Gasteiger partial charge in [-0.2, -0.15) is 0 Å². The predicted molar refractivity (Wildman–Crippen MR) is 95.3 cm³/mol. The van der Waals surface area contributed by atoms with E-state index in [0.717, 1.165) is 0 Å². The van der Waals surface area contributed by atoms with Crippen molar-refractivity contribution in [3.05, 3.63) is 23.8 Å². The van der Waals surface area contributed by atoms with E-state index in [4.69, 9.17) is 14.2 Å². The summed E-state index contributed by atoms with van der Waals surface area (Å²) in [5.41, 5.74) is -0.0190. The number of nitrogens with zero attached hydrogens (tertiary/aromatic N) is 1. The third-order valence-electron chi connectivity index (χ3n) is 4.38. The standard InChI is InChI=1S/C19H27NO6/c1-19(2,3)26-18(23)20-10-12(9-16(22)25-5)13(11-20)17-14(21)7-6-8-15(17)24-4/h6-8,12-13,21H,9-11H2,1-5H3. The summed E-state index contributed by atoms with van der Waals surface area (Å²) in [6.07, 6.45) is -0.304. The molecule has 1 aromatic carbocycles. The van der Waals surface area contributed by atoms with E-state index >= 15 is 0 Å². The number of carbonyl (C=O) groups is 2. The maximum absolute atomic E-state index is 12.5. The molecule has 0 aliphatic carbocycles. The monoisotopic (exact) mass is 365 g/mol. The lowest BCUT2D eigenvalue weighted by atomic mass is 9.85. The Morgan fingerprint density at radius 1 is 1.23 bits per heavy atom. The first-order valence-corrected chi connectivity index (χ1v) is 8.57. The summed E-state index contributed by atoms with van der Waals surface area (Å²) >= 11 is 0. The first-order chi connectivity index (χ1) is 12.2. The fourth-order valence-corrected chi connectivity index (χ4v) is 3.26. The van der Waals surface area contributed by atoms with E-state index in [-0.39, 0.29) is 30.0 Å². The van der Waals surface area contributed by atoms with Crippen molar-refractivity contribution in [3.8, 4) is 11.5 Å². The molecule has 1 saturated heterocycles. The fraction of sp³-hybridized carbons (Fsp3) is 0.579. The van der Waals surface area contributed by atoms with Crippen LogP contribution in [0.5, 0.6) is 11.5 Å². The van der Waals surface area contributed by atoms with Crippen LogP contribution in [0.4, 0.5) is 4.79 Å². The zero-order valence-corrected chi connectivity index (χ0v) is 15.9. The van der Waals surface area contributed by atoms with Crippen molar-refractivity contribution < 1.29 is 28.9 Å². The van der Waals surface area contributed by atoms with Crippen LogP contribution >= 0.6 is 0 Å². The molecule has 7 heteroatoms. The molecule has 2 atom stereocenters. The summed E-state index contributed by atoms with van der Waals surface area (Å²) in [7, 11) is 2.85. The molecule has 2 rings (SSSR count). The Kier molecular flexibility index (Phi) is 6.00. The van der Waals surface area contributed by atoms with E-state index in [2.05, 4.69) is 0 Å². The Bertz CT molecular complexity index is 666. The lowest BCUT2D eigenvalue weighted by Gasteiger charge is -2.24. The van der Waals surface area contributed by atoms with Crippen molar-refractivity contribution in [2.75, 3.05) is 27.3 Å². The van der Waals surface area contributed by atoms with Gasteiger partial charge in [0.1, 0.15) is 17.1 Å². The highest BCUT2D eigenvalue weighted by molar-refractivity contribution is 5.72. The summed E-state index contributed by atoms with van der Waals surface area (Å²) in [6, 6.07) is 5.01. The highest BCUT2D eigenvalue weighted by Crippen LogP contribution is 2.43. The molecule has 1 amide bonds. The van der Waals surface area contributed by atoms with Gasteiger partial charge < -0.3 is 24.2 Å². The maximum atomic E-state index is 12.5. The van der Waals surface area contributed by atoms with Gasteiger partial charge in [0.2, 0.25) is 0 Å². The summed E-state index contributed by atoms with van der Waals surface area (Å²) in [6.45, 7) is 6.07. The number of phenols is 1. The molecule has 0 spiro atoms. The minimum Gasteiger partial charge on any atom is -0.508 e. The number of hydrogen-bond acceptors (Lipinski definition) is 6. The van der Waals surface area contributed by atoms with Crippen LogP contribution in [-0.2, 0) is 14.3 Å². The normalized spacial score (nSPS) is 20.0. The third kappa shape index (κ3) is 4.59. The molecule has 2 unspecified atom stereocenters. The molecule has 1 aromatic rings. The van der Waals surface area contributed by atoms with Crippen LogP contribution in [0.2, 0.25) is 0 Å². The lowest BCUT2D eigenvalue weighted by molar-refractivity contribution is -0.141. The average Bonchev–Trinajstić information content (AvgIpc) is 2.96. The molecule has 26 heavy (non-hydrogen) atoms. The lowest BCUT2D eigenvalue weighted by Crippen LogP contribution is -2.35. The number of phenolic OH excluding ortho intramolecular Hbond substituents is 1. The Balaban J connectivity index is 2.32. The highest BCUT2D eigenvalue weighted by Gasteiger charge is 2.41. The molecular formula is C19H27NO6. The van der Waals surface area contributed by atoms with Crippen LogP contribution in [-0.4, -0.2) is 55.0 Å². The number of likely N-dealkylation sites (tertiary alicyclic amines) is 1. The number of aromatic hydroxyl groups is 1. The SMILES string of the molecule is COC(=O)CC1CN(C(=O)OC(C)(C)C)CC1c1c(O)cccc1OC. The van der Waals surface area contributed by atoms with Gasteiger partial charge in [0, 0.05) is 24.6 Å². The summed E-state index contributed by atoms with van der Waals surface area (Å²) in [5, 5.41) is 10.4. The molecule has 0 radical (unpaired) electrons. The zero-order chi connectivity index (χ0) is 19.5. The van der Waals surface area contributed by atoms with Crippen LogP contribution in [0.3, 0.4) is 0 Å². The van der Waals surface area contributed by atoms with E-state index in [1.54, 1.807) is 43.9 Å². The number of hydrogen-bond donors (Lipinski definition) is 1. The minimum atomic E-state index is -0.612. The van der Waals surface area contributed by atoms with E-state index < -0.39 is 11.7 Å². The second-order valence-electron chi connectivity index (χ2n) is 7.43. The quantitative estimate of drug-likeness (QED) is 0.826. The molecule has 0 aromatic heterocycles. The molecule has 144 valence electrons. The number of rotatable bonds is 4. The summed E-state index contributed by atoms with van der Waals surface area (Å²) < 4.78 is 15.6. The number of carbonyl (C=O) groups excluding carboxylic acids is 2. The molecular weight excluding hydrogens is 338 g/mol. The van der Waals surface area contributed by atoms with Gasteiger partial charge in [0.25, 0.3) is 0 Å². The highest BCUT2D eigenvalue weighted by atomic mass is 16.6. The number of esters is 1. The van der Waals surface area contributed by atoms with Gasteiger partial charge in [-0.1, -0.05) is 6.07 Å². The van der Waals surface area contributed by atoms with Gasteiger partial charge >= 0.3 is 12.1 Å². The fourth-order valence-electron chi connectivity index (χ4n) is 3.26. The van der Waals surface area contributed by atoms with Crippen molar-refractivity contribution in [1.29, 1.82) is 0 Å². The number of amides is 1. The number of methoxy groups -OCH3 is 2. The smallest absolute Gasteiger partial charge is 0.410 e. The topological polar surface area (TPSA) is 85.3 Å². The van der Waals surface area contributed by atoms with Crippen LogP contribution in [0.15, 0.2) is 18.2 Å². The van der Waals surface area contributed by atoms with E-state index in [1.807, 2.05) is 0 Å². The van der Waals surface area contributed by atoms with E-state index in [1.165, 1.54) is 14.2 Å². The second kappa shape index (κ2) is 7.85. The van der Waals surface area contributed by atoms with Gasteiger partial charge in [0.15, 0.2) is 0 Å². The van der Waals surface area contributed by atoms with Crippen molar-refractivity contribution in [3.63, 3.8) is 0 Å². The van der Waals surface area contributed by atoms with Gasteiger partial charge in [0.05, 0.1) is 20.6 Å². The molecule has 0 bridgehead atoms. The molecule has 1 aliphatic rings. The van der Waals surface area contributed by atoms with E-state index in [0.29, 0.717) is 24.4 Å². The predicted octanol–water partition coefficient (Wildman–Crippen LogP) is 2.91. The zero-order valence-electron chi connectivity index (χ0n) is 15.9.